The molecule has 0 atom stereocenters. The molecule has 2 aromatic carbocycles. The minimum absolute atomic E-state index is 0.0295. The van der Waals surface area contributed by atoms with Crippen molar-refractivity contribution in [3.05, 3.63) is 65.2 Å². The molecular formula is C21H19N3O3. The van der Waals surface area contributed by atoms with Gasteiger partial charge in [0.05, 0.1) is 11.3 Å². The summed E-state index contributed by atoms with van der Waals surface area (Å²) in [5.74, 6) is -1.79. The number of para-hydroxylation sites is 1. The molecule has 2 N–H and O–H groups in total. The number of rotatable bonds is 5. The van der Waals surface area contributed by atoms with Crippen molar-refractivity contribution < 1.29 is 14.7 Å². The van der Waals surface area contributed by atoms with Gasteiger partial charge in [-0.15, -0.1) is 0 Å². The largest absolute Gasteiger partial charge is 0.478 e. The van der Waals surface area contributed by atoms with Gasteiger partial charge in [-0.1, -0.05) is 24.3 Å². The lowest BCUT2D eigenvalue weighted by Gasteiger charge is -2.17. The van der Waals surface area contributed by atoms with Gasteiger partial charge in [0.1, 0.15) is 11.6 Å². The third kappa shape index (κ3) is 4.33. The Morgan fingerprint density at radius 1 is 1.07 bits per heavy atom. The van der Waals surface area contributed by atoms with Crippen LogP contribution < -0.4 is 10.2 Å². The molecule has 1 saturated heterocycles. The highest BCUT2D eigenvalue weighted by Crippen LogP contribution is 2.22. The lowest BCUT2D eigenvalue weighted by Crippen LogP contribution is -2.17. The number of hydrogen-bond acceptors (Lipinski definition) is 4. The van der Waals surface area contributed by atoms with Gasteiger partial charge in [0, 0.05) is 18.8 Å². The molecule has 1 aliphatic heterocycles. The minimum Gasteiger partial charge on any atom is -0.478 e. The van der Waals surface area contributed by atoms with Crippen LogP contribution in [0.15, 0.2) is 54.1 Å². The van der Waals surface area contributed by atoms with Crippen LogP contribution in [0, 0.1) is 11.3 Å². The van der Waals surface area contributed by atoms with Crippen LogP contribution >= 0.6 is 0 Å². The van der Waals surface area contributed by atoms with Gasteiger partial charge in [-0.25, -0.2) is 4.79 Å². The quantitative estimate of drug-likeness (QED) is 0.628. The van der Waals surface area contributed by atoms with Crippen molar-refractivity contribution in [2.24, 2.45) is 0 Å². The van der Waals surface area contributed by atoms with Crippen molar-refractivity contribution in [1.82, 2.24) is 0 Å². The first-order valence-corrected chi connectivity index (χ1v) is 8.69. The second-order valence-electron chi connectivity index (χ2n) is 6.26. The molecule has 136 valence electrons. The summed E-state index contributed by atoms with van der Waals surface area (Å²) in [7, 11) is 0. The van der Waals surface area contributed by atoms with Gasteiger partial charge in [0.2, 0.25) is 0 Å². The topological polar surface area (TPSA) is 93.4 Å². The standard InChI is InChI=1S/C21H19N3O3/c22-14-16(20(25)23-19-6-2-1-5-18(19)21(26)27)13-15-7-9-17(10-8-15)24-11-3-4-12-24/h1-2,5-10,13H,3-4,11-12H2,(H,23,25)(H,26,27)/b16-13+. The van der Waals surface area contributed by atoms with E-state index in [1.54, 1.807) is 12.1 Å². The van der Waals surface area contributed by atoms with Gasteiger partial charge < -0.3 is 15.3 Å². The van der Waals surface area contributed by atoms with Crippen LogP contribution in [0.1, 0.15) is 28.8 Å². The first kappa shape index (κ1) is 18.2. The maximum Gasteiger partial charge on any atom is 0.337 e. The van der Waals surface area contributed by atoms with Crippen LogP contribution in [-0.2, 0) is 4.79 Å². The lowest BCUT2D eigenvalue weighted by atomic mass is 10.1. The molecule has 1 heterocycles. The summed E-state index contributed by atoms with van der Waals surface area (Å²) in [6.45, 7) is 2.09. The van der Waals surface area contributed by atoms with Gasteiger partial charge in [0.15, 0.2) is 0 Å². The highest BCUT2D eigenvalue weighted by molar-refractivity contribution is 6.11. The van der Waals surface area contributed by atoms with Crippen molar-refractivity contribution in [3.63, 3.8) is 0 Å². The normalized spacial score (nSPS) is 13.9. The zero-order chi connectivity index (χ0) is 19.2. The van der Waals surface area contributed by atoms with Crippen LogP contribution in [0.5, 0.6) is 0 Å². The SMILES string of the molecule is N#C/C(=C\c1ccc(N2CCCC2)cc1)C(=O)Nc1ccccc1C(=O)O. The number of carboxylic acids is 1. The predicted octanol–water partition coefficient (Wildman–Crippen LogP) is 3.53. The number of aromatic carboxylic acids is 1. The van der Waals surface area contributed by atoms with Gasteiger partial charge in [-0.05, 0) is 48.7 Å². The van der Waals surface area contributed by atoms with Crippen LogP contribution in [0.3, 0.4) is 0 Å². The van der Waals surface area contributed by atoms with E-state index in [0.29, 0.717) is 0 Å². The van der Waals surface area contributed by atoms with Crippen LogP contribution in [0.25, 0.3) is 6.08 Å². The van der Waals surface area contributed by atoms with Crippen molar-refractivity contribution in [3.8, 4) is 6.07 Å². The molecule has 6 heteroatoms. The van der Waals surface area contributed by atoms with E-state index >= 15 is 0 Å². The van der Waals surface area contributed by atoms with Crippen LogP contribution in [0.2, 0.25) is 0 Å². The molecule has 1 aliphatic rings. The smallest absolute Gasteiger partial charge is 0.337 e. The number of amides is 1. The molecule has 0 radical (unpaired) electrons. The molecule has 0 bridgehead atoms. The van der Waals surface area contributed by atoms with E-state index in [1.807, 2.05) is 30.3 Å². The molecule has 2 aromatic rings. The fourth-order valence-electron chi connectivity index (χ4n) is 3.04. The summed E-state index contributed by atoms with van der Waals surface area (Å²) >= 11 is 0. The monoisotopic (exact) mass is 361 g/mol. The summed E-state index contributed by atoms with van der Waals surface area (Å²) < 4.78 is 0. The second-order valence-corrected chi connectivity index (χ2v) is 6.26. The summed E-state index contributed by atoms with van der Waals surface area (Å²) in [5.41, 5.74) is 1.89. The highest BCUT2D eigenvalue weighted by Gasteiger charge is 2.15. The van der Waals surface area contributed by atoms with Crippen LogP contribution in [-0.4, -0.2) is 30.1 Å². The average Bonchev–Trinajstić information content (AvgIpc) is 3.21. The first-order chi connectivity index (χ1) is 13.1. The Hall–Kier alpha value is -3.59. The Morgan fingerprint density at radius 2 is 1.74 bits per heavy atom. The molecule has 6 nitrogen and oxygen atoms in total. The third-order valence-corrected chi connectivity index (χ3v) is 4.45. The predicted molar refractivity (Wildman–Crippen MR) is 104 cm³/mol. The average molecular weight is 361 g/mol. The van der Waals surface area contributed by atoms with Crippen molar-refractivity contribution in [2.75, 3.05) is 23.3 Å². The van der Waals surface area contributed by atoms with Gasteiger partial charge >= 0.3 is 5.97 Å². The van der Waals surface area contributed by atoms with E-state index < -0.39 is 11.9 Å². The van der Waals surface area contributed by atoms with Gasteiger partial charge in [-0.2, -0.15) is 5.26 Å². The van der Waals surface area contributed by atoms with E-state index in [9.17, 15) is 20.0 Å². The van der Waals surface area contributed by atoms with E-state index in [1.165, 1.54) is 31.1 Å². The zero-order valence-electron chi connectivity index (χ0n) is 14.7. The third-order valence-electron chi connectivity index (χ3n) is 4.45. The maximum atomic E-state index is 12.4. The molecule has 0 saturated carbocycles. The Balaban J connectivity index is 1.77. The van der Waals surface area contributed by atoms with Crippen LogP contribution in [0.4, 0.5) is 11.4 Å². The minimum atomic E-state index is -1.15. The van der Waals surface area contributed by atoms with E-state index in [4.69, 9.17) is 0 Å². The van der Waals surface area contributed by atoms with Gasteiger partial charge in [-0.3, -0.25) is 4.79 Å². The summed E-state index contributed by atoms with van der Waals surface area (Å²) in [5, 5.41) is 21.0. The molecule has 0 aromatic heterocycles. The summed E-state index contributed by atoms with van der Waals surface area (Å²) in [4.78, 5) is 25.9. The molecule has 27 heavy (non-hydrogen) atoms. The maximum absolute atomic E-state index is 12.4. The number of carboxylic acid groups (broad SMARTS) is 1. The van der Waals surface area contributed by atoms with Crippen molar-refractivity contribution in [1.29, 1.82) is 5.26 Å². The zero-order valence-corrected chi connectivity index (χ0v) is 14.7. The van der Waals surface area contributed by atoms with E-state index in [2.05, 4.69) is 10.2 Å². The van der Waals surface area contributed by atoms with Crippen molar-refractivity contribution >= 4 is 29.3 Å². The number of nitrogens with one attached hydrogen (secondary N) is 1. The molecule has 0 spiro atoms. The number of anilines is 2. The Morgan fingerprint density at radius 3 is 2.37 bits per heavy atom. The lowest BCUT2D eigenvalue weighted by molar-refractivity contribution is -0.112. The fourth-order valence-corrected chi connectivity index (χ4v) is 3.04. The highest BCUT2D eigenvalue weighted by atomic mass is 16.4. The Kier molecular flexibility index (Phi) is 5.53. The number of carbonyl (C=O) groups excluding carboxylic acids is 1. The summed E-state index contributed by atoms with van der Waals surface area (Å²) in [6, 6.07) is 15.6. The molecule has 3 rings (SSSR count). The number of hydrogen-bond donors (Lipinski definition) is 2. The molecular weight excluding hydrogens is 342 g/mol. The number of carbonyl (C=O) groups is 2. The van der Waals surface area contributed by atoms with E-state index in [-0.39, 0.29) is 16.8 Å². The van der Waals surface area contributed by atoms with Gasteiger partial charge in [0.25, 0.3) is 5.91 Å². The summed E-state index contributed by atoms with van der Waals surface area (Å²) in [6.07, 6.45) is 3.88. The first-order valence-electron chi connectivity index (χ1n) is 8.69. The molecule has 1 fully saturated rings. The second kappa shape index (κ2) is 8.19. The molecule has 1 amide bonds. The number of nitriles is 1. The Labute approximate surface area is 157 Å². The fraction of sp³-hybridized carbons (Fsp3) is 0.190. The molecule has 0 aliphatic carbocycles. The van der Waals surface area contributed by atoms with E-state index in [0.717, 1.165) is 24.3 Å². The molecule has 0 unspecified atom stereocenters. The van der Waals surface area contributed by atoms with Crippen molar-refractivity contribution in [2.45, 2.75) is 12.8 Å². The number of nitrogens with zero attached hydrogens (tertiary/aromatic N) is 2. The number of benzene rings is 2. The Bertz CT molecular complexity index is 920.